The highest BCUT2D eigenvalue weighted by molar-refractivity contribution is 6.30. The topological polar surface area (TPSA) is 73.3 Å². The summed E-state index contributed by atoms with van der Waals surface area (Å²) in [6.07, 6.45) is 4.80. The number of halogens is 1. The molecule has 1 amide bonds. The number of hydrogen-bond donors (Lipinski definition) is 1. The van der Waals surface area contributed by atoms with Gasteiger partial charge in [0.15, 0.2) is 0 Å². The van der Waals surface area contributed by atoms with Crippen LogP contribution >= 0.6 is 11.6 Å². The van der Waals surface area contributed by atoms with Crippen LogP contribution in [0.15, 0.2) is 18.3 Å². The van der Waals surface area contributed by atoms with Gasteiger partial charge < -0.3 is 14.8 Å². The third-order valence-electron chi connectivity index (χ3n) is 4.42. The smallest absolute Gasteiger partial charge is 0.407 e. The molecule has 3 rings (SSSR count). The lowest BCUT2D eigenvalue weighted by Crippen LogP contribution is -2.42. The average molecular weight is 392 g/mol. The molecule has 7 heteroatoms. The van der Waals surface area contributed by atoms with Crippen molar-refractivity contribution in [2.75, 3.05) is 0 Å². The highest BCUT2D eigenvalue weighted by Crippen LogP contribution is 2.30. The number of pyridine rings is 2. The lowest BCUT2D eigenvalue weighted by atomic mass is 9.93. The zero-order valence-corrected chi connectivity index (χ0v) is 17.0. The lowest BCUT2D eigenvalue weighted by Gasteiger charge is -2.30. The minimum Gasteiger partial charge on any atom is -0.474 e. The van der Waals surface area contributed by atoms with Crippen LogP contribution in [0.4, 0.5) is 4.79 Å². The number of carbonyl (C=O) groups excluding carboxylic acids is 1. The summed E-state index contributed by atoms with van der Waals surface area (Å²) in [6.45, 7) is 7.56. The second-order valence-electron chi connectivity index (χ2n) is 8.07. The molecule has 0 atom stereocenters. The lowest BCUT2D eigenvalue weighted by molar-refractivity contribution is 0.0470. The first-order chi connectivity index (χ1) is 12.7. The van der Waals surface area contributed by atoms with Crippen LogP contribution in [0.2, 0.25) is 5.15 Å². The predicted octanol–water partition coefficient (Wildman–Crippen LogP) is 4.81. The Morgan fingerprint density at radius 1 is 1.22 bits per heavy atom. The molecule has 0 radical (unpaired) electrons. The fourth-order valence-corrected chi connectivity index (χ4v) is 3.40. The quantitative estimate of drug-likeness (QED) is 0.760. The summed E-state index contributed by atoms with van der Waals surface area (Å²) in [5, 5.41) is 4.18. The number of nitrogens with zero attached hydrogens (tertiary/aromatic N) is 2. The molecule has 0 saturated heterocycles. The number of hydrogen-bond acceptors (Lipinski definition) is 5. The molecule has 0 aliphatic heterocycles. The number of amides is 1. The van der Waals surface area contributed by atoms with Crippen LogP contribution in [0.5, 0.6) is 5.88 Å². The Morgan fingerprint density at radius 2 is 1.93 bits per heavy atom. The van der Waals surface area contributed by atoms with Crippen molar-refractivity contribution in [3.63, 3.8) is 0 Å². The van der Waals surface area contributed by atoms with Gasteiger partial charge >= 0.3 is 6.09 Å². The second-order valence-corrected chi connectivity index (χ2v) is 8.45. The van der Waals surface area contributed by atoms with E-state index in [1.807, 2.05) is 33.8 Å². The number of fused-ring (bicyclic) bond motifs is 1. The van der Waals surface area contributed by atoms with Gasteiger partial charge in [0.25, 0.3) is 0 Å². The molecule has 27 heavy (non-hydrogen) atoms. The Hall–Kier alpha value is -2.08. The van der Waals surface area contributed by atoms with Gasteiger partial charge in [-0.2, -0.15) is 0 Å². The van der Waals surface area contributed by atoms with Crippen LogP contribution in [0.1, 0.15) is 52.0 Å². The average Bonchev–Trinajstić information content (AvgIpc) is 2.55. The van der Waals surface area contributed by atoms with Crippen molar-refractivity contribution in [2.24, 2.45) is 0 Å². The molecule has 2 aromatic rings. The Morgan fingerprint density at radius 3 is 2.59 bits per heavy atom. The number of aromatic nitrogens is 2. The van der Waals surface area contributed by atoms with E-state index < -0.39 is 5.60 Å². The summed E-state index contributed by atoms with van der Waals surface area (Å²) in [7, 11) is 0. The maximum Gasteiger partial charge on any atom is 0.407 e. The molecule has 1 N–H and O–H groups in total. The van der Waals surface area contributed by atoms with Crippen LogP contribution in [0, 0.1) is 6.92 Å². The summed E-state index contributed by atoms with van der Waals surface area (Å²) in [6, 6.07) is 3.86. The molecule has 1 fully saturated rings. The standard InChI is InChI=1S/C20H26ClN3O3/c1-12-9-15-16(22-11-12)10-17(21)24-18(15)26-14-7-5-13(6-8-14)23-19(25)27-20(2,3)4/h9-11,13-14H,5-8H2,1-4H3,(H,23,25)/t13-,14+. The molecule has 146 valence electrons. The van der Waals surface area contributed by atoms with Crippen molar-refractivity contribution >= 4 is 28.6 Å². The molecule has 0 aromatic carbocycles. The molecule has 0 unspecified atom stereocenters. The van der Waals surface area contributed by atoms with Crippen LogP contribution in [-0.4, -0.2) is 33.8 Å². The second kappa shape index (κ2) is 7.89. The zero-order chi connectivity index (χ0) is 19.6. The summed E-state index contributed by atoms with van der Waals surface area (Å²) in [5.41, 5.74) is 1.33. The van der Waals surface area contributed by atoms with Gasteiger partial charge in [-0.1, -0.05) is 11.6 Å². The Balaban J connectivity index is 1.61. The summed E-state index contributed by atoms with van der Waals surface area (Å²) >= 11 is 6.12. The third-order valence-corrected chi connectivity index (χ3v) is 4.62. The molecule has 1 aliphatic rings. The first-order valence-electron chi connectivity index (χ1n) is 9.29. The SMILES string of the molecule is Cc1cnc2cc(Cl)nc(O[C@H]3CC[C@@H](NC(=O)OC(C)(C)C)CC3)c2c1. The van der Waals surface area contributed by atoms with Gasteiger partial charge in [-0.05, 0) is 65.0 Å². The van der Waals surface area contributed by atoms with Crippen molar-refractivity contribution in [2.45, 2.75) is 71.1 Å². The van der Waals surface area contributed by atoms with Crippen LogP contribution in [-0.2, 0) is 4.74 Å². The fourth-order valence-electron chi connectivity index (χ4n) is 3.22. The molecule has 0 bridgehead atoms. The summed E-state index contributed by atoms with van der Waals surface area (Å²) in [4.78, 5) is 20.7. The van der Waals surface area contributed by atoms with Crippen molar-refractivity contribution < 1.29 is 14.3 Å². The Bertz CT molecular complexity index is 827. The van der Waals surface area contributed by atoms with Crippen LogP contribution in [0.3, 0.4) is 0 Å². The minimum absolute atomic E-state index is 0.0383. The predicted molar refractivity (Wildman–Crippen MR) is 105 cm³/mol. The molecular weight excluding hydrogens is 366 g/mol. The van der Waals surface area contributed by atoms with E-state index in [4.69, 9.17) is 21.1 Å². The van der Waals surface area contributed by atoms with Crippen LogP contribution < -0.4 is 10.1 Å². The van der Waals surface area contributed by atoms with E-state index in [-0.39, 0.29) is 18.2 Å². The van der Waals surface area contributed by atoms with Crippen LogP contribution in [0.25, 0.3) is 10.9 Å². The van der Waals surface area contributed by atoms with Crippen molar-refractivity contribution in [3.8, 4) is 5.88 Å². The molecule has 0 spiro atoms. The van der Waals surface area contributed by atoms with Gasteiger partial charge in [-0.25, -0.2) is 9.78 Å². The molecule has 1 saturated carbocycles. The highest BCUT2D eigenvalue weighted by atomic mass is 35.5. The van der Waals surface area contributed by atoms with Gasteiger partial charge in [0.2, 0.25) is 5.88 Å². The van der Waals surface area contributed by atoms with E-state index in [0.717, 1.165) is 42.1 Å². The van der Waals surface area contributed by atoms with E-state index in [1.54, 1.807) is 12.3 Å². The maximum absolute atomic E-state index is 11.9. The molecular formula is C20H26ClN3O3. The summed E-state index contributed by atoms with van der Waals surface area (Å²) in [5.74, 6) is 0.525. The Kier molecular flexibility index (Phi) is 5.75. The Labute approximate surface area is 164 Å². The molecule has 2 aromatic heterocycles. The number of alkyl carbamates (subject to hydrolysis) is 1. The number of ether oxygens (including phenoxy) is 2. The van der Waals surface area contributed by atoms with Gasteiger partial charge in [0.05, 0.1) is 10.9 Å². The number of carbonyl (C=O) groups is 1. The largest absolute Gasteiger partial charge is 0.474 e. The van der Waals surface area contributed by atoms with E-state index in [0.29, 0.717) is 11.0 Å². The summed E-state index contributed by atoms with van der Waals surface area (Å²) < 4.78 is 11.5. The van der Waals surface area contributed by atoms with Crippen molar-refractivity contribution in [1.29, 1.82) is 0 Å². The monoisotopic (exact) mass is 391 g/mol. The van der Waals surface area contributed by atoms with E-state index in [9.17, 15) is 4.79 Å². The molecule has 1 aliphatic carbocycles. The zero-order valence-electron chi connectivity index (χ0n) is 16.2. The number of aryl methyl sites for hydroxylation is 1. The minimum atomic E-state index is -0.490. The highest BCUT2D eigenvalue weighted by Gasteiger charge is 2.26. The van der Waals surface area contributed by atoms with Gasteiger partial charge in [0, 0.05) is 18.3 Å². The molecule has 6 nitrogen and oxygen atoms in total. The van der Waals surface area contributed by atoms with Crippen molar-refractivity contribution in [1.82, 2.24) is 15.3 Å². The van der Waals surface area contributed by atoms with E-state index in [2.05, 4.69) is 15.3 Å². The first-order valence-corrected chi connectivity index (χ1v) is 9.66. The number of rotatable bonds is 3. The maximum atomic E-state index is 11.9. The van der Waals surface area contributed by atoms with E-state index >= 15 is 0 Å². The van der Waals surface area contributed by atoms with Gasteiger partial charge in [-0.15, -0.1) is 0 Å². The van der Waals surface area contributed by atoms with Crippen molar-refractivity contribution in [3.05, 3.63) is 29.0 Å². The normalized spacial score (nSPS) is 20.3. The van der Waals surface area contributed by atoms with Gasteiger partial charge in [0.1, 0.15) is 16.9 Å². The first kappa shape index (κ1) is 19.7. The molecule has 2 heterocycles. The number of nitrogens with one attached hydrogen (secondary N) is 1. The van der Waals surface area contributed by atoms with Gasteiger partial charge in [-0.3, -0.25) is 4.98 Å². The van der Waals surface area contributed by atoms with E-state index in [1.165, 1.54) is 0 Å². The third kappa shape index (κ3) is 5.45. The fraction of sp³-hybridized carbons (Fsp3) is 0.550.